The molecule has 0 saturated heterocycles. The van der Waals surface area contributed by atoms with E-state index in [9.17, 15) is 43.5 Å². The van der Waals surface area contributed by atoms with Crippen molar-refractivity contribution < 1.29 is 48.6 Å². The van der Waals surface area contributed by atoms with Crippen molar-refractivity contribution in [1.29, 1.82) is 0 Å². The fourth-order valence-corrected chi connectivity index (χ4v) is 6.67. The Morgan fingerprint density at radius 2 is 1.11 bits per heavy atom. The van der Waals surface area contributed by atoms with Crippen LogP contribution in [0.15, 0.2) is 85.5 Å². The van der Waals surface area contributed by atoms with Gasteiger partial charge in [-0.1, -0.05) is 19.1 Å². The molecule has 0 aliphatic carbocycles. The molecule has 0 radical (unpaired) electrons. The molecular weight excluding hydrogens is 825 g/mol. The Hall–Kier alpha value is -7.24. The fourth-order valence-electron chi connectivity index (χ4n) is 6.67. The van der Waals surface area contributed by atoms with Gasteiger partial charge in [0.25, 0.3) is 0 Å². The van der Waals surface area contributed by atoms with Gasteiger partial charge in [0.1, 0.15) is 5.78 Å². The monoisotopic (exact) mass is 878 g/mol. The first-order valence-corrected chi connectivity index (χ1v) is 21.1. The van der Waals surface area contributed by atoms with E-state index >= 15 is 0 Å². The minimum Gasteiger partial charge on any atom is -0.481 e. The van der Waals surface area contributed by atoms with Crippen LogP contribution >= 0.6 is 0 Å². The summed E-state index contributed by atoms with van der Waals surface area (Å²) in [6, 6.07) is 16.9. The van der Waals surface area contributed by atoms with Crippen LogP contribution in [-0.4, -0.2) is 103 Å². The molecule has 6 N–H and O–H groups in total. The van der Waals surface area contributed by atoms with Crippen molar-refractivity contribution in [3.8, 4) is 22.8 Å². The maximum absolute atomic E-state index is 13.4. The van der Waals surface area contributed by atoms with Gasteiger partial charge in [0.2, 0.25) is 23.6 Å². The number of carboxylic acid groups (broad SMARTS) is 2. The zero-order valence-corrected chi connectivity index (χ0v) is 35.7. The van der Waals surface area contributed by atoms with Crippen molar-refractivity contribution in [3.63, 3.8) is 0 Å². The predicted molar refractivity (Wildman–Crippen MR) is 233 cm³/mol. The summed E-state index contributed by atoms with van der Waals surface area (Å²) in [5.41, 5.74) is 4.15. The van der Waals surface area contributed by atoms with E-state index in [4.69, 9.17) is 5.11 Å². The summed E-state index contributed by atoms with van der Waals surface area (Å²) >= 11 is 0. The van der Waals surface area contributed by atoms with Crippen LogP contribution < -0.4 is 21.3 Å². The van der Waals surface area contributed by atoms with Gasteiger partial charge in [0.15, 0.2) is 5.78 Å². The van der Waals surface area contributed by atoms with E-state index in [0.29, 0.717) is 34.8 Å². The quantitative estimate of drug-likeness (QED) is 0.0478. The van der Waals surface area contributed by atoms with Crippen LogP contribution in [0.25, 0.3) is 22.8 Å². The molecule has 4 rings (SSSR count). The minimum atomic E-state index is -1.16. The van der Waals surface area contributed by atoms with E-state index in [1.165, 1.54) is 0 Å². The van der Waals surface area contributed by atoms with Gasteiger partial charge in [0.05, 0.1) is 35.2 Å². The topological polar surface area (TPSA) is 277 Å². The number of aromatic nitrogens is 4. The van der Waals surface area contributed by atoms with Crippen molar-refractivity contribution in [1.82, 2.24) is 41.2 Å². The number of pyridine rings is 4. The summed E-state index contributed by atoms with van der Waals surface area (Å²) in [6.07, 6.45) is 5.67. The molecular formula is C46H54N8O10. The molecule has 0 spiro atoms. The second kappa shape index (κ2) is 26.3. The molecule has 0 fully saturated rings. The van der Waals surface area contributed by atoms with Gasteiger partial charge < -0.3 is 31.5 Å². The normalized spacial score (nSPS) is 12.2. The van der Waals surface area contributed by atoms with Gasteiger partial charge >= 0.3 is 11.9 Å². The molecule has 3 unspecified atom stereocenters. The van der Waals surface area contributed by atoms with E-state index in [2.05, 4.69) is 41.2 Å². The van der Waals surface area contributed by atoms with E-state index in [1.54, 1.807) is 62.0 Å². The van der Waals surface area contributed by atoms with E-state index in [1.807, 2.05) is 30.3 Å². The molecule has 64 heavy (non-hydrogen) atoms. The first kappa shape index (κ1) is 49.4. The molecule has 4 amide bonds. The molecule has 4 aromatic heterocycles. The second-order valence-electron chi connectivity index (χ2n) is 15.2. The van der Waals surface area contributed by atoms with Crippen LogP contribution in [0.5, 0.6) is 0 Å². The maximum atomic E-state index is 13.4. The molecule has 0 bridgehead atoms. The molecule has 18 heteroatoms. The highest BCUT2D eigenvalue weighted by Gasteiger charge is 2.25. The number of carboxylic acids is 2. The van der Waals surface area contributed by atoms with Crippen LogP contribution in [-0.2, 0) is 51.2 Å². The summed E-state index contributed by atoms with van der Waals surface area (Å²) in [5.74, 6) is -6.05. The molecule has 0 aromatic carbocycles. The number of amides is 4. The Bertz CT molecular complexity index is 2220. The summed E-state index contributed by atoms with van der Waals surface area (Å²) in [4.78, 5) is 117. The summed E-state index contributed by atoms with van der Waals surface area (Å²) < 4.78 is 0. The molecule has 4 aromatic rings. The number of nitrogens with zero attached hydrogens (tertiary/aromatic N) is 4. The third kappa shape index (κ3) is 18.0. The Labute approximate surface area is 370 Å². The van der Waals surface area contributed by atoms with Crippen molar-refractivity contribution in [2.45, 2.75) is 83.6 Å². The van der Waals surface area contributed by atoms with Gasteiger partial charge in [-0.15, -0.1) is 0 Å². The average Bonchev–Trinajstić information content (AvgIpc) is 3.28. The first-order valence-electron chi connectivity index (χ1n) is 21.1. The highest BCUT2D eigenvalue weighted by Crippen LogP contribution is 2.21. The van der Waals surface area contributed by atoms with Gasteiger partial charge in [0, 0.05) is 94.8 Å². The lowest BCUT2D eigenvalue weighted by molar-refractivity contribution is -0.138. The lowest BCUT2D eigenvalue weighted by atomic mass is 9.91. The lowest BCUT2D eigenvalue weighted by Gasteiger charge is -2.18. The SMILES string of the molecule is CC(Cc1ccnc(-c2ccccn2)c1)C(=O)NCCC(=O)NC(CCC(=O)O)C(=O)CCCC(=O)CC(Cc1ccnc(-c2ccccn2)c1)C(=O)NCCC(=O)NCCC(=O)O. The molecule has 0 aliphatic rings. The van der Waals surface area contributed by atoms with Crippen LogP contribution in [0.1, 0.15) is 75.8 Å². The Balaban J connectivity index is 1.28. The zero-order valence-electron chi connectivity index (χ0n) is 35.7. The number of carbonyl (C=O) groups is 8. The number of hydrogen-bond acceptors (Lipinski definition) is 12. The van der Waals surface area contributed by atoms with E-state index < -0.39 is 59.7 Å². The standard InChI is InChI=1S/C46H54N8O10/c1-30(25-31-13-20-49-38(27-31)35-8-2-4-18-47-35)45(63)52-23-16-42(58)54-37(11-12-43(59)60)40(56)10-6-7-34(55)29-33(46(64)53-22-15-41(57)51-24-17-44(61)62)26-32-14-21-50-39(28-32)36-9-3-5-19-48-36/h2-5,8-9,13-14,18-21,27-28,30,33,37H,6-7,10-12,15-17,22-26,29H2,1H3,(H,51,57)(H,52,63)(H,53,64)(H,54,58)(H,59,60)(H,61,62). The Morgan fingerprint density at radius 3 is 1.69 bits per heavy atom. The molecule has 338 valence electrons. The molecule has 18 nitrogen and oxygen atoms in total. The smallest absolute Gasteiger partial charge is 0.305 e. The molecule has 0 aliphatic heterocycles. The fraction of sp³-hybridized carbons (Fsp3) is 0.391. The number of hydrogen-bond donors (Lipinski definition) is 6. The third-order valence-corrected chi connectivity index (χ3v) is 10.0. The molecule has 3 atom stereocenters. The second-order valence-corrected chi connectivity index (χ2v) is 15.2. The third-order valence-electron chi connectivity index (χ3n) is 10.0. The zero-order chi connectivity index (χ0) is 46.3. The number of Topliss-reactive ketones (excluding diaryl/α,β-unsaturated/α-hetero) is 2. The van der Waals surface area contributed by atoms with E-state index in [-0.39, 0.29) is 89.1 Å². The van der Waals surface area contributed by atoms with E-state index in [0.717, 1.165) is 5.56 Å². The number of ketones is 2. The Morgan fingerprint density at radius 1 is 0.562 bits per heavy atom. The first-order chi connectivity index (χ1) is 30.8. The van der Waals surface area contributed by atoms with Crippen LogP contribution in [0.3, 0.4) is 0 Å². The predicted octanol–water partition coefficient (Wildman–Crippen LogP) is 3.29. The van der Waals surface area contributed by atoms with Gasteiger partial charge in [-0.3, -0.25) is 58.3 Å². The van der Waals surface area contributed by atoms with Crippen molar-refractivity contribution in [2.24, 2.45) is 11.8 Å². The number of aliphatic carboxylic acids is 2. The van der Waals surface area contributed by atoms with Gasteiger partial charge in [-0.2, -0.15) is 0 Å². The number of nitrogens with one attached hydrogen (secondary N) is 4. The van der Waals surface area contributed by atoms with Crippen molar-refractivity contribution in [3.05, 3.63) is 96.6 Å². The highest BCUT2D eigenvalue weighted by molar-refractivity contribution is 5.91. The van der Waals surface area contributed by atoms with Crippen LogP contribution in [0.4, 0.5) is 0 Å². The van der Waals surface area contributed by atoms with Crippen LogP contribution in [0.2, 0.25) is 0 Å². The number of carbonyl (C=O) groups excluding carboxylic acids is 6. The summed E-state index contributed by atoms with van der Waals surface area (Å²) in [6.45, 7) is 1.63. The van der Waals surface area contributed by atoms with Gasteiger partial charge in [-0.25, -0.2) is 0 Å². The highest BCUT2D eigenvalue weighted by atomic mass is 16.4. The minimum absolute atomic E-state index is 0.0163. The molecule has 0 saturated carbocycles. The largest absolute Gasteiger partial charge is 0.481 e. The summed E-state index contributed by atoms with van der Waals surface area (Å²) in [5, 5.41) is 28.6. The lowest BCUT2D eigenvalue weighted by Crippen LogP contribution is -2.42. The Kier molecular flexibility index (Phi) is 20.3. The van der Waals surface area contributed by atoms with Crippen molar-refractivity contribution in [2.75, 3.05) is 19.6 Å². The maximum Gasteiger partial charge on any atom is 0.305 e. The summed E-state index contributed by atoms with van der Waals surface area (Å²) in [7, 11) is 0. The van der Waals surface area contributed by atoms with Crippen LogP contribution in [0, 0.1) is 11.8 Å². The average molecular weight is 879 g/mol. The van der Waals surface area contributed by atoms with Gasteiger partial charge in [-0.05, 0) is 85.3 Å². The molecule has 4 heterocycles. The number of rotatable bonds is 28. The van der Waals surface area contributed by atoms with Crippen molar-refractivity contribution >= 4 is 47.1 Å².